The van der Waals surface area contributed by atoms with Gasteiger partial charge in [0.15, 0.2) is 6.10 Å². The molecule has 0 aliphatic carbocycles. The number of carboxylic acid groups (broad SMARTS) is 1. The molecule has 0 heterocycles. The normalized spacial score (nSPS) is 16.1. The fourth-order valence-corrected chi connectivity index (χ4v) is 0.997. The zero-order valence-electron chi connectivity index (χ0n) is 7.95. The summed E-state index contributed by atoms with van der Waals surface area (Å²) in [6.45, 7) is 5.93. The maximum absolute atomic E-state index is 10.3. The Morgan fingerprint density at radius 1 is 1.25 bits per heavy atom. The van der Waals surface area contributed by atoms with Crippen LogP contribution in [0, 0.1) is 11.8 Å². The van der Waals surface area contributed by atoms with Crippen LogP contribution in [0.4, 0.5) is 0 Å². The van der Waals surface area contributed by atoms with Crippen molar-refractivity contribution in [2.75, 3.05) is 0 Å². The fourth-order valence-electron chi connectivity index (χ4n) is 0.997. The van der Waals surface area contributed by atoms with Gasteiger partial charge in [-0.3, -0.25) is 0 Å². The lowest BCUT2D eigenvalue weighted by Gasteiger charge is -2.15. The van der Waals surface area contributed by atoms with Crippen molar-refractivity contribution in [2.24, 2.45) is 11.8 Å². The topological polar surface area (TPSA) is 57.5 Å². The molecule has 2 N–H and O–H groups in total. The monoisotopic (exact) mass is 174 g/mol. The molecule has 0 aromatic rings. The van der Waals surface area contributed by atoms with E-state index in [1.165, 1.54) is 0 Å². The minimum absolute atomic E-state index is 0.148. The average molecular weight is 174 g/mol. The van der Waals surface area contributed by atoms with E-state index in [9.17, 15) is 4.79 Å². The summed E-state index contributed by atoms with van der Waals surface area (Å²) in [6.07, 6.45) is 0.528. The van der Waals surface area contributed by atoms with E-state index in [2.05, 4.69) is 13.8 Å². The van der Waals surface area contributed by atoms with Crippen molar-refractivity contribution in [3.05, 3.63) is 0 Å². The highest BCUT2D eigenvalue weighted by Gasteiger charge is 2.20. The summed E-state index contributed by atoms with van der Waals surface area (Å²) in [5.74, 6) is -0.704. The van der Waals surface area contributed by atoms with Gasteiger partial charge in [0.25, 0.3) is 0 Å². The first-order valence-corrected chi connectivity index (χ1v) is 4.36. The van der Waals surface area contributed by atoms with Crippen LogP contribution in [-0.4, -0.2) is 22.3 Å². The van der Waals surface area contributed by atoms with E-state index in [1.54, 1.807) is 6.92 Å². The molecule has 0 radical (unpaired) electrons. The summed E-state index contributed by atoms with van der Waals surface area (Å²) in [4.78, 5) is 10.3. The number of hydrogen-bond acceptors (Lipinski definition) is 2. The molecule has 2 unspecified atom stereocenters. The van der Waals surface area contributed by atoms with Crippen LogP contribution >= 0.6 is 0 Å². The molecule has 0 fully saturated rings. The molecule has 0 aromatic heterocycles. The molecule has 72 valence electrons. The van der Waals surface area contributed by atoms with Gasteiger partial charge in [-0.05, 0) is 18.3 Å². The highest BCUT2D eigenvalue weighted by molar-refractivity contribution is 5.72. The number of hydrogen-bond donors (Lipinski definition) is 2. The van der Waals surface area contributed by atoms with Gasteiger partial charge < -0.3 is 10.2 Å². The molecule has 0 saturated heterocycles. The molecule has 0 rings (SSSR count). The first kappa shape index (κ1) is 11.4. The maximum Gasteiger partial charge on any atom is 0.332 e. The molecular weight excluding hydrogens is 156 g/mol. The third kappa shape index (κ3) is 4.34. The minimum Gasteiger partial charge on any atom is -0.479 e. The third-order valence-electron chi connectivity index (χ3n) is 1.99. The van der Waals surface area contributed by atoms with Gasteiger partial charge in [-0.2, -0.15) is 0 Å². The van der Waals surface area contributed by atoms with Crippen molar-refractivity contribution in [1.29, 1.82) is 0 Å². The second-order valence-corrected chi connectivity index (χ2v) is 3.73. The Hall–Kier alpha value is -0.570. The van der Waals surface area contributed by atoms with Crippen LogP contribution < -0.4 is 0 Å². The number of aliphatic hydroxyl groups is 1. The Morgan fingerprint density at radius 3 is 2.08 bits per heavy atom. The number of rotatable bonds is 5. The summed E-state index contributed by atoms with van der Waals surface area (Å²) >= 11 is 0. The van der Waals surface area contributed by atoms with Crippen molar-refractivity contribution in [3.63, 3.8) is 0 Å². The highest BCUT2D eigenvalue weighted by atomic mass is 16.4. The Morgan fingerprint density at radius 2 is 1.75 bits per heavy atom. The summed E-state index contributed by atoms with van der Waals surface area (Å²) in [5, 5.41) is 17.6. The average Bonchev–Trinajstić information content (AvgIpc) is 1.98. The smallest absolute Gasteiger partial charge is 0.332 e. The minimum atomic E-state index is -1.20. The van der Waals surface area contributed by atoms with Gasteiger partial charge in [0, 0.05) is 0 Å². The van der Waals surface area contributed by atoms with Crippen molar-refractivity contribution in [2.45, 2.75) is 39.7 Å². The number of carboxylic acids is 1. The Labute approximate surface area is 73.4 Å². The molecule has 0 aliphatic rings. The highest BCUT2D eigenvalue weighted by Crippen LogP contribution is 2.15. The second kappa shape index (κ2) is 5.14. The summed E-state index contributed by atoms with van der Waals surface area (Å²) < 4.78 is 0. The molecule has 3 nitrogen and oxygen atoms in total. The standard InChI is InChI=1S/C9H18O3/c1-6(2)4-5-7(3)8(10)9(11)12/h6-8,10H,4-5H2,1-3H3,(H,11,12). The number of aliphatic hydroxyl groups excluding tert-OH is 1. The van der Waals surface area contributed by atoms with Crippen molar-refractivity contribution < 1.29 is 15.0 Å². The molecular formula is C9H18O3. The van der Waals surface area contributed by atoms with Gasteiger partial charge in [-0.1, -0.05) is 27.2 Å². The van der Waals surface area contributed by atoms with Gasteiger partial charge in [-0.25, -0.2) is 4.79 Å². The van der Waals surface area contributed by atoms with Crippen LogP contribution in [0.15, 0.2) is 0 Å². The lowest BCUT2D eigenvalue weighted by Crippen LogP contribution is -2.27. The molecule has 0 saturated carbocycles. The van der Waals surface area contributed by atoms with Gasteiger partial charge >= 0.3 is 5.97 Å². The van der Waals surface area contributed by atoms with E-state index in [0.29, 0.717) is 5.92 Å². The zero-order chi connectivity index (χ0) is 9.72. The van der Waals surface area contributed by atoms with Crippen LogP contribution in [0.3, 0.4) is 0 Å². The van der Waals surface area contributed by atoms with Crippen molar-refractivity contribution in [3.8, 4) is 0 Å². The van der Waals surface area contributed by atoms with Gasteiger partial charge in [-0.15, -0.1) is 0 Å². The quantitative estimate of drug-likeness (QED) is 0.664. The molecule has 0 amide bonds. The van der Waals surface area contributed by atoms with E-state index in [4.69, 9.17) is 10.2 Å². The maximum atomic E-state index is 10.3. The number of aliphatic carboxylic acids is 1. The predicted molar refractivity (Wildman–Crippen MR) is 46.9 cm³/mol. The first-order valence-electron chi connectivity index (χ1n) is 4.36. The fraction of sp³-hybridized carbons (Fsp3) is 0.889. The second-order valence-electron chi connectivity index (χ2n) is 3.73. The Kier molecular flexibility index (Phi) is 4.90. The summed E-state index contributed by atoms with van der Waals surface area (Å²) in [6, 6.07) is 0. The zero-order valence-corrected chi connectivity index (χ0v) is 7.95. The Bertz CT molecular complexity index is 143. The molecule has 0 spiro atoms. The van der Waals surface area contributed by atoms with E-state index >= 15 is 0 Å². The van der Waals surface area contributed by atoms with Gasteiger partial charge in [0.05, 0.1) is 0 Å². The third-order valence-corrected chi connectivity index (χ3v) is 1.99. The van der Waals surface area contributed by atoms with Crippen molar-refractivity contribution >= 4 is 5.97 Å². The van der Waals surface area contributed by atoms with Crippen LogP contribution in [0.5, 0.6) is 0 Å². The van der Waals surface area contributed by atoms with Gasteiger partial charge in [0.2, 0.25) is 0 Å². The summed E-state index contributed by atoms with van der Waals surface area (Å²) in [5.41, 5.74) is 0. The first-order chi connectivity index (χ1) is 5.45. The van der Waals surface area contributed by atoms with E-state index in [0.717, 1.165) is 12.8 Å². The number of carbonyl (C=O) groups is 1. The summed E-state index contributed by atoms with van der Waals surface area (Å²) in [7, 11) is 0. The molecule has 3 heteroatoms. The largest absolute Gasteiger partial charge is 0.479 e. The van der Waals surface area contributed by atoms with Crippen LogP contribution in [-0.2, 0) is 4.79 Å². The lowest BCUT2D eigenvalue weighted by atomic mass is 9.95. The van der Waals surface area contributed by atoms with Gasteiger partial charge in [0.1, 0.15) is 0 Å². The molecule has 0 aliphatic heterocycles. The Balaban J connectivity index is 3.71. The van der Waals surface area contributed by atoms with Crippen LogP contribution in [0.2, 0.25) is 0 Å². The molecule has 0 aromatic carbocycles. The van der Waals surface area contributed by atoms with Crippen LogP contribution in [0.25, 0.3) is 0 Å². The molecule has 2 atom stereocenters. The molecule has 0 bridgehead atoms. The SMILES string of the molecule is CC(C)CCC(C)C(O)C(=O)O. The predicted octanol–water partition coefficient (Wildman–Crippen LogP) is 1.50. The molecule has 12 heavy (non-hydrogen) atoms. The van der Waals surface area contributed by atoms with E-state index in [-0.39, 0.29) is 5.92 Å². The van der Waals surface area contributed by atoms with E-state index in [1.807, 2.05) is 0 Å². The van der Waals surface area contributed by atoms with Crippen LogP contribution in [0.1, 0.15) is 33.6 Å². The lowest BCUT2D eigenvalue weighted by molar-refractivity contribution is -0.149. The van der Waals surface area contributed by atoms with E-state index < -0.39 is 12.1 Å². The van der Waals surface area contributed by atoms with Crippen molar-refractivity contribution in [1.82, 2.24) is 0 Å².